The monoisotopic (exact) mass is 306 g/mol. The second-order valence-electron chi connectivity index (χ2n) is 6.15. The van der Waals surface area contributed by atoms with Crippen LogP contribution >= 0.6 is 11.8 Å². The summed E-state index contributed by atoms with van der Waals surface area (Å²) < 4.78 is 0. The van der Waals surface area contributed by atoms with Crippen molar-refractivity contribution in [3.05, 3.63) is 11.9 Å². The summed E-state index contributed by atoms with van der Waals surface area (Å²) >= 11 is 1.98. The molecule has 2 aliphatic carbocycles. The van der Waals surface area contributed by atoms with Gasteiger partial charge in [-0.25, -0.2) is 9.97 Å². The maximum Gasteiger partial charge on any atom is 0.136 e. The number of hydrogen-bond acceptors (Lipinski definition) is 5. The molecule has 2 N–H and O–H groups in total. The molecule has 21 heavy (non-hydrogen) atoms. The van der Waals surface area contributed by atoms with Gasteiger partial charge in [-0.05, 0) is 38.4 Å². The van der Waals surface area contributed by atoms with E-state index in [9.17, 15) is 0 Å². The average molecular weight is 306 g/mol. The first kappa shape index (κ1) is 14.9. The highest BCUT2D eigenvalue weighted by atomic mass is 32.2. The Labute approximate surface area is 131 Å². The van der Waals surface area contributed by atoms with Crippen LogP contribution in [0.5, 0.6) is 0 Å². The standard InChI is InChI=1S/C16H26N4S/c1-3-9-17-14-10-15(20-16(19-14)11-7-8-11)18-12-5-4-6-13(12)21-2/h10-13H,3-9H2,1-2H3,(H2,17,18,19,20). The summed E-state index contributed by atoms with van der Waals surface area (Å²) in [6, 6.07) is 2.64. The third-order valence-corrected chi connectivity index (χ3v) is 5.50. The van der Waals surface area contributed by atoms with Crippen LogP contribution in [0, 0.1) is 0 Å². The maximum absolute atomic E-state index is 4.76. The number of anilines is 2. The molecular weight excluding hydrogens is 280 g/mol. The average Bonchev–Trinajstić information content (AvgIpc) is 3.26. The molecule has 0 spiro atoms. The number of rotatable bonds is 7. The zero-order valence-corrected chi connectivity index (χ0v) is 13.9. The first-order valence-corrected chi connectivity index (χ1v) is 9.51. The molecule has 1 aromatic rings. The number of nitrogens with one attached hydrogen (secondary N) is 2. The van der Waals surface area contributed by atoms with Crippen molar-refractivity contribution in [2.45, 2.75) is 62.7 Å². The van der Waals surface area contributed by atoms with Gasteiger partial charge >= 0.3 is 0 Å². The molecule has 0 aliphatic heterocycles. The molecule has 2 unspecified atom stereocenters. The Hall–Kier alpha value is -0.970. The van der Waals surface area contributed by atoms with Crippen molar-refractivity contribution in [3.8, 4) is 0 Å². The Morgan fingerprint density at radius 3 is 2.71 bits per heavy atom. The molecule has 1 aromatic heterocycles. The van der Waals surface area contributed by atoms with Crippen molar-refractivity contribution >= 4 is 23.4 Å². The van der Waals surface area contributed by atoms with E-state index in [2.05, 4.69) is 34.9 Å². The second kappa shape index (κ2) is 6.86. The fraction of sp³-hybridized carbons (Fsp3) is 0.750. The van der Waals surface area contributed by atoms with Crippen molar-refractivity contribution in [1.29, 1.82) is 0 Å². The lowest BCUT2D eigenvalue weighted by Gasteiger charge is -2.20. The third kappa shape index (κ3) is 3.82. The van der Waals surface area contributed by atoms with Crippen LogP contribution in [0.25, 0.3) is 0 Å². The minimum Gasteiger partial charge on any atom is -0.370 e. The van der Waals surface area contributed by atoms with Gasteiger partial charge in [0.1, 0.15) is 17.5 Å². The van der Waals surface area contributed by atoms with Crippen LogP contribution in [-0.2, 0) is 0 Å². The Kier molecular flexibility index (Phi) is 4.88. The van der Waals surface area contributed by atoms with E-state index in [-0.39, 0.29) is 0 Å². The molecule has 0 saturated heterocycles. The van der Waals surface area contributed by atoms with Crippen LogP contribution < -0.4 is 10.6 Å². The van der Waals surface area contributed by atoms with Crippen molar-refractivity contribution < 1.29 is 0 Å². The normalized spacial score (nSPS) is 25.0. The van der Waals surface area contributed by atoms with Crippen LogP contribution in [0.15, 0.2) is 6.07 Å². The zero-order valence-electron chi connectivity index (χ0n) is 13.1. The van der Waals surface area contributed by atoms with Gasteiger partial charge in [-0.2, -0.15) is 11.8 Å². The minimum atomic E-state index is 0.556. The van der Waals surface area contributed by atoms with Gasteiger partial charge in [-0.3, -0.25) is 0 Å². The fourth-order valence-electron chi connectivity index (χ4n) is 2.97. The van der Waals surface area contributed by atoms with Crippen LogP contribution in [0.4, 0.5) is 11.6 Å². The number of thioether (sulfide) groups is 1. The quantitative estimate of drug-likeness (QED) is 0.801. The molecule has 0 radical (unpaired) electrons. The van der Waals surface area contributed by atoms with Gasteiger partial charge in [-0.15, -0.1) is 0 Å². The van der Waals surface area contributed by atoms with Gasteiger partial charge in [0, 0.05) is 29.8 Å². The van der Waals surface area contributed by atoms with Crippen molar-refractivity contribution in [2.24, 2.45) is 0 Å². The van der Waals surface area contributed by atoms with Gasteiger partial charge in [0.2, 0.25) is 0 Å². The summed E-state index contributed by atoms with van der Waals surface area (Å²) in [6.07, 6.45) is 9.72. The first-order valence-electron chi connectivity index (χ1n) is 8.22. The number of hydrogen-bond donors (Lipinski definition) is 2. The van der Waals surface area contributed by atoms with Gasteiger partial charge in [0.05, 0.1) is 0 Å². The highest BCUT2D eigenvalue weighted by molar-refractivity contribution is 7.99. The van der Waals surface area contributed by atoms with Crippen LogP contribution in [0.3, 0.4) is 0 Å². The highest BCUT2D eigenvalue weighted by Gasteiger charge is 2.29. The van der Waals surface area contributed by atoms with Gasteiger partial charge < -0.3 is 10.6 Å². The van der Waals surface area contributed by atoms with E-state index in [1.54, 1.807) is 0 Å². The molecule has 0 bridgehead atoms. The first-order chi connectivity index (χ1) is 10.3. The van der Waals surface area contributed by atoms with Gasteiger partial charge in [0.25, 0.3) is 0 Å². The van der Waals surface area contributed by atoms with Gasteiger partial charge in [-0.1, -0.05) is 13.3 Å². The Balaban J connectivity index is 1.74. The SMILES string of the molecule is CCCNc1cc(NC2CCCC2SC)nc(C2CC2)n1. The van der Waals surface area contributed by atoms with E-state index in [0.717, 1.165) is 35.7 Å². The minimum absolute atomic E-state index is 0.556. The summed E-state index contributed by atoms with van der Waals surface area (Å²) in [5, 5.41) is 7.80. The molecule has 1 heterocycles. The molecular formula is C16H26N4S. The largest absolute Gasteiger partial charge is 0.370 e. The Morgan fingerprint density at radius 2 is 2.00 bits per heavy atom. The molecule has 2 saturated carbocycles. The molecule has 2 fully saturated rings. The topological polar surface area (TPSA) is 49.8 Å². The second-order valence-corrected chi connectivity index (χ2v) is 7.23. The summed E-state index contributed by atoms with van der Waals surface area (Å²) in [4.78, 5) is 9.44. The smallest absolute Gasteiger partial charge is 0.136 e. The lowest BCUT2D eigenvalue weighted by Crippen LogP contribution is -2.26. The lowest BCUT2D eigenvalue weighted by atomic mass is 10.2. The Bertz CT molecular complexity index is 475. The van der Waals surface area contributed by atoms with Crippen molar-refractivity contribution in [3.63, 3.8) is 0 Å². The number of aromatic nitrogens is 2. The summed E-state index contributed by atoms with van der Waals surface area (Å²) in [6.45, 7) is 3.15. The van der Waals surface area contributed by atoms with E-state index in [0.29, 0.717) is 12.0 Å². The summed E-state index contributed by atoms with van der Waals surface area (Å²) in [5.74, 6) is 3.61. The van der Waals surface area contributed by atoms with E-state index < -0.39 is 0 Å². The van der Waals surface area contributed by atoms with E-state index in [4.69, 9.17) is 4.98 Å². The van der Waals surface area contributed by atoms with Crippen LogP contribution in [-0.4, -0.2) is 34.1 Å². The maximum atomic E-state index is 4.76. The molecule has 3 rings (SSSR count). The predicted molar refractivity (Wildman–Crippen MR) is 91.4 cm³/mol. The molecule has 0 amide bonds. The number of nitrogens with zero attached hydrogens (tertiary/aromatic N) is 2. The molecule has 4 nitrogen and oxygen atoms in total. The molecule has 2 atom stereocenters. The summed E-state index contributed by atoms with van der Waals surface area (Å²) in [7, 11) is 0. The molecule has 0 aromatic carbocycles. The van der Waals surface area contributed by atoms with Crippen molar-refractivity contribution in [1.82, 2.24) is 9.97 Å². The highest BCUT2D eigenvalue weighted by Crippen LogP contribution is 2.39. The zero-order chi connectivity index (χ0) is 14.7. The Morgan fingerprint density at radius 1 is 1.19 bits per heavy atom. The van der Waals surface area contributed by atoms with E-state index >= 15 is 0 Å². The molecule has 5 heteroatoms. The fourth-order valence-corrected chi connectivity index (χ4v) is 3.91. The van der Waals surface area contributed by atoms with Crippen LogP contribution in [0.1, 0.15) is 57.2 Å². The predicted octanol–water partition coefficient (Wildman–Crippen LogP) is 3.87. The van der Waals surface area contributed by atoms with Gasteiger partial charge in [0.15, 0.2) is 0 Å². The van der Waals surface area contributed by atoms with E-state index in [1.807, 2.05) is 11.8 Å². The molecule has 2 aliphatic rings. The summed E-state index contributed by atoms with van der Waals surface area (Å²) in [5.41, 5.74) is 0. The lowest BCUT2D eigenvalue weighted by molar-refractivity contribution is 0.759. The van der Waals surface area contributed by atoms with Crippen LogP contribution in [0.2, 0.25) is 0 Å². The van der Waals surface area contributed by atoms with Crippen molar-refractivity contribution in [2.75, 3.05) is 23.4 Å². The molecule has 116 valence electrons. The third-order valence-electron chi connectivity index (χ3n) is 4.33. The van der Waals surface area contributed by atoms with E-state index in [1.165, 1.54) is 32.1 Å².